The van der Waals surface area contributed by atoms with Gasteiger partial charge in [-0.25, -0.2) is 0 Å². The molecule has 0 aromatic carbocycles. The molecule has 0 unspecified atom stereocenters. The van der Waals surface area contributed by atoms with Gasteiger partial charge in [0, 0.05) is 0 Å². The third-order valence-electron chi connectivity index (χ3n) is 0. The van der Waals surface area contributed by atoms with Crippen LogP contribution in [-0.2, 0) is 0 Å². The van der Waals surface area contributed by atoms with Crippen LogP contribution in [0.1, 0.15) is 0 Å². The standard InChI is InChI=1S/FHI2OP/c1-5(2,3)4/h4H/q+1. The molecule has 1 N–H and O–H groups in total. The number of halogens is 3. The molecule has 5 heteroatoms. The van der Waals surface area contributed by atoms with Crippen LogP contribution in [0.4, 0.5) is 4.20 Å². The van der Waals surface area contributed by atoms with Crippen LogP contribution >= 0.6 is 47.2 Å². The second kappa shape index (κ2) is 2.18. The smallest absolute Gasteiger partial charge is 0.198 e. The van der Waals surface area contributed by atoms with Crippen LogP contribution in [0.2, 0.25) is 0 Å². The van der Waals surface area contributed by atoms with Gasteiger partial charge in [-0.1, -0.05) is 0 Å². The molecule has 0 saturated heterocycles. The van der Waals surface area contributed by atoms with Gasteiger partial charge in [0.15, 0.2) is 0 Å². The van der Waals surface area contributed by atoms with Gasteiger partial charge in [0.25, 0.3) is 0 Å². The second-order valence-corrected chi connectivity index (χ2v) is 14.5. The zero-order valence-corrected chi connectivity index (χ0v) is 7.24. The van der Waals surface area contributed by atoms with E-state index in [1.54, 1.807) is 0 Å². The third kappa shape index (κ3) is 26.1. The van der Waals surface area contributed by atoms with E-state index < -0.39 is 3.09 Å². The second-order valence-electron chi connectivity index (χ2n) is 0.418. The van der Waals surface area contributed by atoms with Gasteiger partial charge >= 0.3 is 3.09 Å². The van der Waals surface area contributed by atoms with Crippen molar-refractivity contribution in [3.63, 3.8) is 0 Å². The Bertz CT molecular complexity index is 25.1. The molecule has 5 heavy (non-hydrogen) atoms. The quantitative estimate of drug-likeness (QED) is 0.537. The number of hydrogen-bond donors (Lipinski definition) is 1. The zero-order chi connectivity index (χ0) is 4.50. The van der Waals surface area contributed by atoms with Crippen LogP contribution in [0, 0.1) is 0 Å². The van der Waals surface area contributed by atoms with Crippen molar-refractivity contribution in [2.45, 2.75) is 0 Å². The highest BCUT2D eigenvalue weighted by Crippen LogP contribution is 2.72. The van der Waals surface area contributed by atoms with Gasteiger partial charge in [0.05, 0.1) is 0 Å². The van der Waals surface area contributed by atoms with E-state index in [4.69, 9.17) is 4.89 Å². The highest BCUT2D eigenvalue weighted by atomic mass is 127. The van der Waals surface area contributed by atoms with E-state index in [1.807, 2.05) is 0 Å². The summed E-state index contributed by atoms with van der Waals surface area (Å²) >= 11 is 2.73. The SMILES string of the molecule is O[P+](F)(I)I. The average molecular weight is 321 g/mol. The third-order valence-corrected chi connectivity index (χ3v) is 0. The molecule has 0 rings (SSSR count). The molecule has 1 nitrogen and oxygen atoms in total. The van der Waals surface area contributed by atoms with Gasteiger partial charge in [0.1, 0.15) is 0 Å². The maximum atomic E-state index is 11.3. The van der Waals surface area contributed by atoms with Crippen LogP contribution < -0.4 is 0 Å². The Hall–Kier alpha value is 1.78. The topological polar surface area (TPSA) is 20.2 Å². The Labute approximate surface area is 55.8 Å². The minimum Gasteiger partial charge on any atom is -0.198 e. The lowest BCUT2D eigenvalue weighted by Crippen LogP contribution is -1.42. The largest absolute Gasteiger partial charge is 0.446 e. The molecule has 0 bridgehead atoms. The molecule has 0 aliphatic carbocycles. The van der Waals surface area contributed by atoms with E-state index in [2.05, 4.69) is 0 Å². The fraction of sp³-hybridized carbons (Fsp3) is 0. The number of rotatable bonds is 0. The molecule has 0 atom stereocenters. The normalized spacial score (nSPS) is 12.0. The van der Waals surface area contributed by atoms with E-state index in [9.17, 15) is 4.20 Å². The highest BCUT2D eigenvalue weighted by Gasteiger charge is 2.28. The molecule has 0 saturated carbocycles. The van der Waals surface area contributed by atoms with Crippen molar-refractivity contribution in [3.8, 4) is 0 Å². The first-order chi connectivity index (χ1) is 2.00. The molecule has 0 aromatic rings. The number of hydrogen-bond acceptors (Lipinski definition) is 1. The summed E-state index contributed by atoms with van der Waals surface area (Å²) in [6.45, 7) is 0. The molecule has 0 fully saturated rings. The Balaban J connectivity index is 3.02. The predicted molar refractivity (Wildman–Crippen MR) is 38.3 cm³/mol. The summed E-state index contributed by atoms with van der Waals surface area (Å²) in [4.78, 5) is 7.94. The Morgan fingerprint density at radius 2 is 1.60 bits per heavy atom. The minimum absolute atomic E-state index is 1.36. The lowest BCUT2D eigenvalue weighted by Gasteiger charge is -1.76. The summed E-state index contributed by atoms with van der Waals surface area (Å²) in [7, 11) is 0. The molecule has 0 spiro atoms. The molecule has 0 amide bonds. The van der Waals surface area contributed by atoms with Gasteiger partial charge in [-0.15, -0.1) is 0 Å². The van der Waals surface area contributed by atoms with Crippen LogP contribution in [0.15, 0.2) is 0 Å². The maximum Gasteiger partial charge on any atom is 0.446 e. The molecule has 0 radical (unpaired) electrons. The summed E-state index contributed by atoms with van der Waals surface area (Å²) in [5, 5.41) is 0. The van der Waals surface area contributed by atoms with Gasteiger partial charge in [-0.05, 0) is 4.20 Å². The van der Waals surface area contributed by atoms with Crippen LogP contribution in [0.25, 0.3) is 0 Å². The summed E-state index contributed by atoms with van der Waals surface area (Å²) in [6, 6.07) is 0. The highest BCUT2D eigenvalue weighted by molar-refractivity contribution is 14.3. The van der Waals surface area contributed by atoms with Gasteiger partial charge in [-0.3, -0.25) is 0 Å². The first-order valence-electron chi connectivity index (χ1n) is 0.707. The Kier molecular flexibility index (Phi) is 2.96. The van der Waals surface area contributed by atoms with Crippen molar-refractivity contribution in [2.75, 3.05) is 0 Å². The molecule has 0 aliphatic heterocycles. The monoisotopic (exact) mass is 321 g/mol. The van der Waals surface area contributed by atoms with Gasteiger partial charge < -0.3 is 0 Å². The molecule has 32 valence electrons. The van der Waals surface area contributed by atoms with Gasteiger partial charge in [-0.2, -0.15) is 4.89 Å². The summed E-state index contributed by atoms with van der Waals surface area (Å²) in [5.74, 6) is 0. The summed E-state index contributed by atoms with van der Waals surface area (Å²) < 4.78 is 8.38. The molecule has 0 heterocycles. The maximum absolute atomic E-state index is 11.3. The fourth-order valence-electron chi connectivity index (χ4n) is 0. The minimum atomic E-state index is -2.95. The van der Waals surface area contributed by atoms with E-state index in [1.165, 1.54) is 44.1 Å². The molecule has 0 aliphatic rings. The van der Waals surface area contributed by atoms with Crippen LogP contribution in [-0.4, -0.2) is 4.89 Å². The van der Waals surface area contributed by atoms with E-state index in [0.717, 1.165) is 0 Å². The van der Waals surface area contributed by atoms with Crippen molar-refractivity contribution in [2.24, 2.45) is 0 Å². The Morgan fingerprint density at radius 1 is 1.60 bits per heavy atom. The molecular formula is HFI2OP+. The van der Waals surface area contributed by atoms with Crippen molar-refractivity contribution in [1.82, 2.24) is 0 Å². The molecular weight excluding hydrogens is 320 g/mol. The Morgan fingerprint density at radius 3 is 1.60 bits per heavy atom. The van der Waals surface area contributed by atoms with Crippen molar-refractivity contribution < 1.29 is 9.09 Å². The lowest BCUT2D eigenvalue weighted by molar-refractivity contribution is 0.590. The van der Waals surface area contributed by atoms with E-state index >= 15 is 0 Å². The summed E-state index contributed by atoms with van der Waals surface area (Å²) in [6.07, 6.45) is 0. The fourth-order valence-corrected chi connectivity index (χ4v) is 0. The lowest BCUT2D eigenvalue weighted by atomic mass is 15.9. The van der Waals surface area contributed by atoms with Crippen molar-refractivity contribution in [1.29, 1.82) is 0 Å². The zero-order valence-electron chi connectivity index (χ0n) is 2.03. The van der Waals surface area contributed by atoms with Crippen molar-refractivity contribution >= 4 is 47.2 Å². The van der Waals surface area contributed by atoms with Crippen molar-refractivity contribution in [3.05, 3.63) is 0 Å². The summed E-state index contributed by atoms with van der Waals surface area (Å²) in [5.41, 5.74) is 0. The van der Waals surface area contributed by atoms with Gasteiger partial charge in [0.2, 0.25) is 44.1 Å². The first-order valence-corrected chi connectivity index (χ1v) is 7.91. The average Bonchev–Trinajstić information content (AvgIpc) is 0.722. The van der Waals surface area contributed by atoms with Crippen LogP contribution in [0.3, 0.4) is 0 Å². The van der Waals surface area contributed by atoms with E-state index in [0.29, 0.717) is 0 Å². The van der Waals surface area contributed by atoms with Crippen LogP contribution in [0.5, 0.6) is 0 Å². The van der Waals surface area contributed by atoms with E-state index in [-0.39, 0.29) is 0 Å². The molecule has 0 aromatic heterocycles. The predicted octanol–water partition coefficient (Wildman–Crippen LogP) is 2.50. The first kappa shape index (κ1) is 6.78.